The fraction of sp³-hybridized carbons (Fsp3) is 0.300. The average Bonchev–Trinajstić information content (AvgIpc) is 2.90. The van der Waals surface area contributed by atoms with E-state index < -0.39 is 8.03 Å². The van der Waals surface area contributed by atoms with Crippen molar-refractivity contribution in [1.29, 1.82) is 0 Å². The predicted octanol–water partition coefficient (Wildman–Crippen LogP) is 4.41. The Bertz CT molecular complexity index is 771. The number of carbonyl (C=O) groups excluding carboxylic acids is 2. The van der Waals surface area contributed by atoms with E-state index in [1.807, 2.05) is 30.3 Å². The van der Waals surface area contributed by atoms with Crippen LogP contribution in [0.15, 0.2) is 54.6 Å². The van der Waals surface area contributed by atoms with E-state index in [4.69, 9.17) is 4.52 Å². The molecule has 26 heavy (non-hydrogen) atoms. The molecule has 0 N–H and O–H groups in total. The molecule has 1 aliphatic heterocycles. The normalized spacial score (nSPS) is 13.8. The molecule has 134 valence electrons. The zero-order chi connectivity index (χ0) is 18.4. The number of nitrogens with zero attached hydrogens (tertiary/aromatic N) is 1. The molecule has 2 aromatic rings. The number of rotatable bonds is 9. The third kappa shape index (κ3) is 4.43. The minimum Gasteiger partial charge on any atom is -0.274 e. The van der Waals surface area contributed by atoms with Crippen LogP contribution in [0.1, 0.15) is 45.5 Å². The van der Waals surface area contributed by atoms with Gasteiger partial charge in [-0.05, 0) is 36.0 Å². The Morgan fingerprint density at radius 3 is 2.08 bits per heavy atom. The predicted molar refractivity (Wildman–Crippen MR) is 99.4 cm³/mol. The van der Waals surface area contributed by atoms with Crippen LogP contribution in [-0.4, -0.2) is 29.9 Å². The quantitative estimate of drug-likeness (QED) is 0.373. The number of fused-ring (bicyclic) bond motifs is 1. The molecular weight excluding hydrogens is 349 g/mol. The van der Waals surface area contributed by atoms with Crippen molar-refractivity contribution in [2.24, 2.45) is 0 Å². The van der Waals surface area contributed by atoms with Crippen LogP contribution in [-0.2, 0) is 15.3 Å². The maximum absolute atomic E-state index is 12.2. The zero-order valence-corrected chi connectivity index (χ0v) is 15.4. The first-order valence-corrected chi connectivity index (χ1v) is 10.1. The second kappa shape index (κ2) is 8.84. The molecule has 1 heterocycles. The molecule has 1 atom stereocenters. The number of hydrogen-bond donors (Lipinski definition) is 0. The minimum absolute atomic E-state index is 0.215. The lowest BCUT2D eigenvalue weighted by atomic mass is 10.1. The van der Waals surface area contributed by atoms with E-state index >= 15 is 0 Å². The maximum atomic E-state index is 12.2. The van der Waals surface area contributed by atoms with Crippen molar-refractivity contribution in [3.63, 3.8) is 0 Å². The van der Waals surface area contributed by atoms with Crippen LogP contribution < -0.4 is 0 Å². The number of amides is 2. The summed E-state index contributed by atoms with van der Waals surface area (Å²) in [4.78, 5) is 25.8. The Morgan fingerprint density at radius 2 is 1.42 bits per heavy atom. The van der Waals surface area contributed by atoms with Gasteiger partial charge in [0.1, 0.15) is 6.61 Å². The lowest BCUT2D eigenvalue weighted by Gasteiger charge is -2.13. The van der Waals surface area contributed by atoms with Crippen molar-refractivity contribution < 1.29 is 18.7 Å². The van der Waals surface area contributed by atoms with Crippen LogP contribution in [0, 0.1) is 0 Å². The summed E-state index contributed by atoms with van der Waals surface area (Å²) >= 11 is 0. The molecule has 2 amide bonds. The molecule has 0 spiro atoms. The molecule has 0 fully saturated rings. The van der Waals surface area contributed by atoms with Crippen molar-refractivity contribution in [3.05, 3.63) is 71.3 Å². The second-order valence-electron chi connectivity index (χ2n) is 6.18. The number of hydrogen-bond acceptors (Lipinski definition) is 4. The largest absolute Gasteiger partial charge is 0.512 e. The van der Waals surface area contributed by atoms with Gasteiger partial charge in [-0.25, -0.2) is 0 Å². The summed E-state index contributed by atoms with van der Waals surface area (Å²) < 4.78 is 17.3. The van der Waals surface area contributed by atoms with Crippen LogP contribution in [0.2, 0.25) is 0 Å². The fourth-order valence-electron chi connectivity index (χ4n) is 2.94. The molecule has 2 aromatic carbocycles. The fourth-order valence-corrected chi connectivity index (χ4v) is 3.87. The van der Waals surface area contributed by atoms with Gasteiger partial charge in [0.15, 0.2) is 0 Å². The molecule has 0 radical (unpaired) electrons. The van der Waals surface area contributed by atoms with Gasteiger partial charge < -0.3 is 0 Å². The van der Waals surface area contributed by atoms with Crippen LogP contribution in [0.25, 0.3) is 0 Å². The van der Waals surface area contributed by atoms with Crippen LogP contribution in [0.3, 0.4) is 0 Å². The molecule has 1 unspecified atom stereocenters. The van der Waals surface area contributed by atoms with Crippen molar-refractivity contribution >= 4 is 19.8 Å². The Kier molecular flexibility index (Phi) is 6.26. The highest BCUT2D eigenvalue weighted by Crippen LogP contribution is 2.28. The van der Waals surface area contributed by atoms with Gasteiger partial charge in [-0.2, -0.15) is 0 Å². The molecule has 0 bridgehead atoms. The molecule has 1 aliphatic rings. The van der Waals surface area contributed by atoms with Crippen LogP contribution in [0.5, 0.6) is 0 Å². The van der Waals surface area contributed by atoms with E-state index in [1.54, 1.807) is 24.3 Å². The summed E-state index contributed by atoms with van der Waals surface area (Å²) in [6, 6.07) is 16.5. The van der Waals surface area contributed by atoms with Gasteiger partial charge in [0, 0.05) is 12.1 Å². The molecular formula is C20H21NO4P+. The number of carbonyl (C=O) groups is 2. The Balaban J connectivity index is 1.33. The molecule has 0 saturated carbocycles. The highest BCUT2D eigenvalue weighted by atomic mass is 31.1. The summed E-state index contributed by atoms with van der Waals surface area (Å²) in [7, 11) is -1.70. The summed E-state index contributed by atoms with van der Waals surface area (Å²) in [5.74, 6) is -0.430. The van der Waals surface area contributed by atoms with E-state index in [-0.39, 0.29) is 11.8 Å². The second-order valence-corrected chi connectivity index (χ2v) is 7.42. The van der Waals surface area contributed by atoms with Crippen LogP contribution >= 0.6 is 8.03 Å². The topological polar surface area (TPSA) is 63.7 Å². The van der Waals surface area contributed by atoms with E-state index in [2.05, 4.69) is 0 Å². The Hall–Kier alpha value is -2.36. The summed E-state index contributed by atoms with van der Waals surface area (Å²) in [5, 5.41) is 0. The van der Waals surface area contributed by atoms with Crippen molar-refractivity contribution in [2.45, 2.75) is 25.4 Å². The molecule has 3 rings (SSSR count). The average molecular weight is 370 g/mol. The lowest BCUT2D eigenvalue weighted by Crippen LogP contribution is -2.30. The monoisotopic (exact) mass is 370 g/mol. The number of unbranched alkanes of at least 4 members (excludes halogenated alkanes) is 2. The van der Waals surface area contributed by atoms with E-state index in [9.17, 15) is 14.2 Å². The van der Waals surface area contributed by atoms with Gasteiger partial charge in [0.05, 0.1) is 11.1 Å². The van der Waals surface area contributed by atoms with Gasteiger partial charge >= 0.3 is 8.03 Å². The lowest BCUT2D eigenvalue weighted by molar-refractivity contribution is 0.0651. The third-order valence-electron chi connectivity index (χ3n) is 4.29. The SMILES string of the molecule is O=C1c2ccccc2C(=O)N1CCCCCO[P+](=O)Cc1ccccc1. The highest BCUT2D eigenvalue weighted by Gasteiger charge is 2.34. The first-order valence-electron chi connectivity index (χ1n) is 8.73. The van der Waals surface area contributed by atoms with Crippen LogP contribution in [0.4, 0.5) is 0 Å². The van der Waals surface area contributed by atoms with E-state index in [0.717, 1.165) is 18.4 Å². The van der Waals surface area contributed by atoms with Gasteiger partial charge in [-0.15, -0.1) is 4.52 Å². The standard InChI is InChI=1S/C20H21NO4P/c22-19-17-11-5-6-12-18(17)20(23)21(19)13-7-2-8-14-25-26(24)15-16-9-3-1-4-10-16/h1,3-6,9-12H,2,7-8,13-15H2/q+1. The summed E-state index contributed by atoms with van der Waals surface area (Å²) in [5.41, 5.74) is 1.97. The number of imide groups is 1. The zero-order valence-electron chi connectivity index (χ0n) is 14.5. The first kappa shape index (κ1) is 18.4. The van der Waals surface area contributed by atoms with Gasteiger partial charge in [0.25, 0.3) is 11.8 Å². The Morgan fingerprint density at radius 1 is 0.808 bits per heavy atom. The number of benzene rings is 2. The molecule has 0 aliphatic carbocycles. The summed E-state index contributed by atoms with van der Waals surface area (Å²) in [6.45, 7) is 0.826. The molecule has 5 nitrogen and oxygen atoms in total. The van der Waals surface area contributed by atoms with E-state index in [0.29, 0.717) is 36.9 Å². The van der Waals surface area contributed by atoms with Crippen molar-refractivity contribution in [2.75, 3.05) is 13.2 Å². The van der Waals surface area contributed by atoms with Crippen molar-refractivity contribution in [3.8, 4) is 0 Å². The maximum Gasteiger partial charge on any atom is 0.512 e. The highest BCUT2D eigenvalue weighted by molar-refractivity contribution is 7.38. The molecule has 6 heteroatoms. The van der Waals surface area contributed by atoms with Crippen molar-refractivity contribution in [1.82, 2.24) is 4.90 Å². The molecule has 0 saturated heterocycles. The van der Waals surface area contributed by atoms with Gasteiger partial charge in [-0.1, -0.05) is 42.5 Å². The van der Waals surface area contributed by atoms with Gasteiger partial charge in [0.2, 0.25) is 6.16 Å². The van der Waals surface area contributed by atoms with E-state index in [1.165, 1.54) is 4.90 Å². The van der Waals surface area contributed by atoms with Gasteiger partial charge in [-0.3, -0.25) is 14.5 Å². The minimum atomic E-state index is -1.70. The molecule has 0 aromatic heterocycles. The smallest absolute Gasteiger partial charge is 0.274 e. The third-order valence-corrected chi connectivity index (χ3v) is 5.39. The summed E-state index contributed by atoms with van der Waals surface area (Å²) in [6.07, 6.45) is 2.69. The Labute approximate surface area is 153 Å². The first-order chi connectivity index (χ1) is 12.7.